The van der Waals surface area contributed by atoms with Crippen molar-refractivity contribution in [2.45, 2.75) is 18.8 Å². The Kier molecular flexibility index (Phi) is 5.41. The third-order valence-electron chi connectivity index (χ3n) is 2.55. The van der Waals surface area contributed by atoms with E-state index in [1.807, 2.05) is 0 Å². The van der Waals surface area contributed by atoms with E-state index in [9.17, 15) is 21.6 Å². The standard InChI is InChI=1S/C12H16F3NO3S/c1-16-10(8-20(2,17)18)7-9-3-5-11(6-4-9)19-12(13,14)15/h3-6,10,16H,7-8H2,1-2H3. The molecule has 20 heavy (non-hydrogen) atoms. The highest BCUT2D eigenvalue weighted by molar-refractivity contribution is 7.90. The normalized spacial score (nSPS) is 14.1. The van der Waals surface area contributed by atoms with Crippen LogP contribution in [0.4, 0.5) is 13.2 Å². The molecule has 1 rings (SSSR count). The van der Waals surface area contributed by atoms with E-state index < -0.39 is 16.2 Å². The monoisotopic (exact) mass is 311 g/mol. The van der Waals surface area contributed by atoms with Crippen LogP contribution >= 0.6 is 0 Å². The molecule has 0 aliphatic carbocycles. The number of rotatable bonds is 6. The Morgan fingerprint density at radius 2 is 1.80 bits per heavy atom. The number of alkyl halides is 3. The fourth-order valence-electron chi connectivity index (χ4n) is 1.72. The zero-order valence-electron chi connectivity index (χ0n) is 11.1. The molecule has 1 aromatic carbocycles. The van der Waals surface area contributed by atoms with Crippen molar-refractivity contribution in [3.8, 4) is 5.75 Å². The quantitative estimate of drug-likeness (QED) is 0.870. The van der Waals surface area contributed by atoms with Crippen LogP contribution in [0.25, 0.3) is 0 Å². The maximum absolute atomic E-state index is 12.0. The average Bonchev–Trinajstić information content (AvgIpc) is 2.27. The highest BCUT2D eigenvalue weighted by Crippen LogP contribution is 2.23. The van der Waals surface area contributed by atoms with E-state index in [1.54, 1.807) is 7.05 Å². The molecule has 0 spiro atoms. The second-order valence-electron chi connectivity index (χ2n) is 4.47. The molecule has 0 aromatic heterocycles. The van der Waals surface area contributed by atoms with Gasteiger partial charge in [-0.15, -0.1) is 13.2 Å². The number of halogens is 3. The molecule has 1 aromatic rings. The average molecular weight is 311 g/mol. The fourth-order valence-corrected chi connectivity index (χ4v) is 2.74. The number of nitrogens with one attached hydrogen (secondary N) is 1. The van der Waals surface area contributed by atoms with Crippen LogP contribution in [0.5, 0.6) is 5.75 Å². The van der Waals surface area contributed by atoms with Gasteiger partial charge in [-0.3, -0.25) is 0 Å². The predicted molar refractivity (Wildman–Crippen MR) is 69.4 cm³/mol. The molecule has 0 saturated carbocycles. The molecule has 0 bridgehead atoms. The molecule has 0 heterocycles. The maximum atomic E-state index is 12.0. The summed E-state index contributed by atoms with van der Waals surface area (Å²) in [6.07, 6.45) is -3.18. The van der Waals surface area contributed by atoms with E-state index in [2.05, 4.69) is 10.1 Å². The van der Waals surface area contributed by atoms with Gasteiger partial charge in [-0.05, 0) is 31.2 Å². The zero-order chi connectivity index (χ0) is 15.4. The van der Waals surface area contributed by atoms with Crippen LogP contribution < -0.4 is 10.1 Å². The first kappa shape index (κ1) is 16.8. The number of hydrogen-bond donors (Lipinski definition) is 1. The number of hydrogen-bond acceptors (Lipinski definition) is 4. The van der Waals surface area contributed by atoms with Crippen molar-refractivity contribution in [3.63, 3.8) is 0 Å². The Balaban J connectivity index is 2.69. The van der Waals surface area contributed by atoms with E-state index in [0.29, 0.717) is 6.42 Å². The van der Waals surface area contributed by atoms with Gasteiger partial charge in [-0.2, -0.15) is 0 Å². The minimum absolute atomic E-state index is 0.0374. The van der Waals surface area contributed by atoms with Gasteiger partial charge in [0.15, 0.2) is 0 Å². The van der Waals surface area contributed by atoms with Crippen LogP contribution in [-0.2, 0) is 16.3 Å². The first-order chi connectivity index (χ1) is 9.09. The molecule has 0 aliphatic heterocycles. The van der Waals surface area contributed by atoms with Gasteiger partial charge >= 0.3 is 6.36 Å². The summed E-state index contributed by atoms with van der Waals surface area (Å²) in [4.78, 5) is 0. The SMILES string of the molecule is CNC(Cc1ccc(OC(F)(F)F)cc1)CS(C)(=O)=O. The number of ether oxygens (including phenoxy) is 1. The minimum Gasteiger partial charge on any atom is -0.406 e. The van der Waals surface area contributed by atoms with E-state index in [0.717, 1.165) is 11.8 Å². The third-order valence-corrected chi connectivity index (χ3v) is 3.56. The van der Waals surface area contributed by atoms with Gasteiger partial charge in [0.05, 0.1) is 5.75 Å². The molecule has 1 N–H and O–H groups in total. The summed E-state index contributed by atoms with van der Waals surface area (Å²) in [6.45, 7) is 0. The van der Waals surface area contributed by atoms with Crippen LogP contribution in [0.3, 0.4) is 0 Å². The van der Waals surface area contributed by atoms with Crippen LogP contribution in [-0.4, -0.2) is 39.9 Å². The van der Waals surface area contributed by atoms with Gasteiger partial charge in [0, 0.05) is 12.3 Å². The molecule has 114 valence electrons. The van der Waals surface area contributed by atoms with Gasteiger partial charge in [-0.1, -0.05) is 12.1 Å². The Morgan fingerprint density at radius 1 is 1.25 bits per heavy atom. The molecule has 0 saturated heterocycles. The lowest BCUT2D eigenvalue weighted by molar-refractivity contribution is -0.274. The topological polar surface area (TPSA) is 55.4 Å². The van der Waals surface area contributed by atoms with Crippen LogP contribution in [0.2, 0.25) is 0 Å². The predicted octanol–water partition coefficient (Wildman–Crippen LogP) is 1.76. The molecule has 0 aliphatic rings. The van der Waals surface area contributed by atoms with Crippen molar-refractivity contribution in [1.82, 2.24) is 5.32 Å². The van der Waals surface area contributed by atoms with Gasteiger partial charge in [-0.25, -0.2) is 8.42 Å². The molecular formula is C12H16F3NO3S. The summed E-state index contributed by atoms with van der Waals surface area (Å²) in [6, 6.07) is 5.08. The minimum atomic E-state index is -4.72. The highest BCUT2D eigenvalue weighted by atomic mass is 32.2. The van der Waals surface area contributed by atoms with E-state index in [4.69, 9.17) is 0 Å². The fraction of sp³-hybridized carbons (Fsp3) is 0.500. The van der Waals surface area contributed by atoms with Crippen molar-refractivity contribution in [3.05, 3.63) is 29.8 Å². The van der Waals surface area contributed by atoms with Crippen molar-refractivity contribution >= 4 is 9.84 Å². The second-order valence-corrected chi connectivity index (χ2v) is 6.66. The van der Waals surface area contributed by atoms with Gasteiger partial charge < -0.3 is 10.1 Å². The molecule has 4 nitrogen and oxygen atoms in total. The van der Waals surface area contributed by atoms with Crippen molar-refractivity contribution in [2.24, 2.45) is 0 Å². The smallest absolute Gasteiger partial charge is 0.406 e. The molecule has 0 radical (unpaired) electrons. The van der Waals surface area contributed by atoms with Crippen LogP contribution in [0.1, 0.15) is 5.56 Å². The van der Waals surface area contributed by atoms with Gasteiger partial charge in [0.2, 0.25) is 0 Å². The Bertz CT molecular complexity index is 526. The van der Waals surface area contributed by atoms with Gasteiger partial charge in [0.25, 0.3) is 0 Å². The molecular weight excluding hydrogens is 295 g/mol. The zero-order valence-corrected chi connectivity index (χ0v) is 11.9. The van der Waals surface area contributed by atoms with E-state index in [1.165, 1.54) is 24.3 Å². The Morgan fingerprint density at radius 3 is 2.20 bits per heavy atom. The van der Waals surface area contributed by atoms with E-state index in [-0.39, 0.29) is 17.5 Å². The summed E-state index contributed by atoms with van der Waals surface area (Å²) < 4.78 is 62.2. The Labute approximate surface area is 115 Å². The number of benzene rings is 1. The molecule has 0 fully saturated rings. The highest BCUT2D eigenvalue weighted by Gasteiger charge is 2.30. The van der Waals surface area contributed by atoms with Crippen LogP contribution in [0.15, 0.2) is 24.3 Å². The number of sulfone groups is 1. The summed E-state index contributed by atoms with van der Waals surface area (Å²) >= 11 is 0. The summed E-state index contributed by atoms with van der Waals surface area (Å²) in [7, 11) is -1.49. The van der Waals surface area contributed by atoms with Crippen molar-refractivity contribution in [1.29, 1.82) is 0 Å². The summed E-state index contributed by atoms with van der Waals surface area (Å²) in [5, 5.41) is 2.87. The molecule has 0 amide bonds. The molecule has 1 atom stereocenters. The lowest BCUT2D eigenvalue weighted by atomic mass is 10.1. The molecule has 1 unspecified atom stereocenters. The van der Waals surface area contributed by atoms with Gasteiger partial charge in [0.1, 0.15) is 15.6 Å². The first-order valence-electron chi connectivity index (χ1n) is 5.79. The number of likely N-dealkylation sites (N-methyl/N-ethyl adjacent to an activating group) is 1. The molecule has 8 heteroatoms. The largest absolute Gasteiger partial charge is 0.573 e. The summed E-state index contributed by atoms with van der Waals surface area (Å²) in [5.41, 5.74) is 0.725. The lowest BCUT2D eigenvalue weighted by Crippen LogP contribution is -2.34. The Hall–Kier alpha value is -1.28. The third kappa shape index (κ3) is 6.76. The summed E-state index contributed by atoms with van der Waals surface area (Å²) in [5.74, 6) is -0.338. The van der Waals surface area contributed by atoms with Crippen LogP contribution in [0, 0.1) is 0 Å². The second kappa shape index (κ2) is 6.45. The van der Waals surface area contributed by atoms with Crippen molar-refractivity contribution < 1.29 is 26.3 Å². The maximum Gasteiger partial charge on any atom is 0.573 e. The lowest BCUT2D eigenvalue weighted by Gasteiger charge is -2.15. The first-order valence-corrected chi connectivity index (χ1v) is 7.85. The van der Waals surface area contributed by atoms with Crippen molar-refractivity contribution in [2.75, 3.05) is 19.1 Å². The van der Waals surface area contributed by atoms with E-state index >= 15 is 0 Å².